The average Bonchev–Trinajstić information content (AvgIpc) is 2.90. The lowest BCUT2D eigenvalue weighted by Gasteiger charge is -2.17. The Balaban J connectivity index is 1.97. The van der Waals surface area contributed by atoms with E-state index in [1.165, 1.54) is 11.3 Å². The number of aryl methyl sites for hydroxylation is 1. The van der Waals surface area contributed by atoms with Gasteiger partial charge in [0.2, 0.25) is 5.91 Å². The largest absolute Gasteiger partial charge is 0.481 e. The molecule has 0 spiro atoms. The van der Waals surface area contributed by atoms with Crippen molar-refractivity contribution in [2.24, 2.45) is 0 Å². The van der Waals surface area contributed by atoms with Crippen LogP contribution in [0.5, 0.6) is 0 Å². The number of benzene rings is 1. The number of halogens is 2. The van der Waals surface area contributed by atoms with E-state index in [0.29, 0.717) is 21.3 Å². The third-order valence-corrected chi connectivity index (χ3v) is 4.76. The molecule has 23 heavy (non-hydrogen) atoms. The predicted octanol–water partition coefficient (Wildman–Crippen LogP) is 4.32. The number of amides is 1. The van der Waals surface area contributed by atoms with Crippen molar-refractivity contribution in [2.75, 3.05) is 0 Å². The Morgan fingerprint density at radius 3 is 2.39 bits per heavy atom. The van der Waals surface area contributed by atoms with Crippen LogP contribution in [0, 0.1) is 0 Å². The van der Waals surface area contributed by atoms with Gasteiger partial charge >= 0.3 is 5.97 Å². The first-order chi connectivity index (χ1) is 10.9. The van der Waals surface area contributed by atoms with Crippen molar-refractivity contribution in [1.82, 2.24) is 5.32 Å². The number of carbonyl (C=O) groups is 2. The molecular weight excluding hydrogens is 357 g/mol. The van der Waals surface area contributed by atoms with Gasteiger partial charge in [0.15, 0.2) is 0 Å². The van der Waals surface area contributed by atoms with Gasteiger partial charge in [0.1, 0.15) is 0 Å². The smallest absolute Gasteiger partial charge is 0.305 e. The second-order valence-corrected chi connectivity index (χ2v) is 7.21. The fourth-order valence-electron chi connectivity index (χ4n) is 2.11. The summed E-state index contributed by atoms with van der Waals surface area (Å²) in [6.07, 6.45) is 0.669. The molecule has 1 aromatic carbocycles. The van der Waals surface area contributed by atoms with Crippen LogP contribution in [0.3, 0.4) is 0 Å². The van der Waals surface area contributed by atoms with Crippen molar-refractivity contribution < 1.29 is 14.7 Å². The summed E-state index contributed by atoms with van der Waals surface area (Å²) in [6.45, 7) is 0. The molecule has 2 aromatic rings. The fourth-order valence-corrected chi connectivity index (χ4v) is 3.32. The Hall–Kier alpha value is -1.56. The van der Waals surface area contributed by atoms with E-state index >= 15 is 0 Å². The molecule has 0 saturated heterocycles. The van der Waals surface area contributed by atoms with E-state index in [1.54, 1.807) is 30.3 Å². The number of hydrogen-bond donors (Lipinski definition) is 2. The molecule has 0 unspecified atom stereocenters. The molecule has 2 rings (SSSR count). The van der Waals surface area contributed by atoms with Crippen molar-refractivity contribution in [3.05, 3.63) is 56.2 Å². The highest BCUT2D eigenvalue weighted by Gasteiger charge is 2.18. The van der Waals surface area contributed by atoms with Crippen molar-refractivity contribution in [1.29, 1.82) is 0 Å². The first-order valence-electron chi connectivity index (χ1n) is 6.95. The zero-order valence-electron chi connectivity index (χ0n) is 12.1. The molecule has 0 aliphatic rings. The highest BCUT2D eigenvalue weighted by atomic mass is 35.5. The van der Waals surface area contributed by atoms with Gasteiger partial charge in [-0.1, -0.05) is 35.3 Å². The Kier molecular flexibility index (Phi) is 6.45. The predicted molar refractivity (Wildman–Crippen MR) is 92.2 cm³/mol. The maximum absolute atomic E-state index is 12.1. The molecule has 1 atom stereocenters. The van der Waals surface area contributed by atoms with E-state index in [1.807, 2.05) is 6.07 Å². The van der Waals surface area contributed by atoms with E-state index in [0.717, 1.165) is 4.88 Å². The number of nitrogens with one attached hydrogen (secondary N) is 1. The van der Waals surface area contributed by atoms with Gasteiger partial charge in [-0.05, 0) is 36.2 Å². The van der Waals surface area contributed by atoms with E-state index < -0.39 is 12.0 Å². The second kappa shape index (κ2) is 8.34. The number of thiophene rings is 1. The molecular formula is C16H15Cl2NO3S. The molecule has 0 aliphatic heterocycles. The minimum Gasteiger partial charge on any atom is -0.481 e. The number of rotatable bonds is 7. The standard InChI is InChI=1S/C16H15Cl2NO3S/c17-11-3-1-10(2-4-11)13(9-16(21)22)19-15(20)8-6-12-5-7-14(18)23-12/h1-5,7,13H,6,8-9H2,(H,19,20)(H,21,22)/t13-/m0/s1. The molecule has 0 bridgehead atoms. The van der Waals surface area contributed by atoms with Gasteiger partial charge in [0, 0.05) is 16.3 Å². The van der Waals surface area contributed by atoms with Crippen molar-refractivity contribution in [2.45, 2.75) is 25.3 Å². The zero-order chi connectivity index (χ0) is 16.8. The minimum absolute atomic E-state index is 0.182. The minimum atomic E-state index is -0.977. The summed E-state index contributed by atoms with van der Waals surface area (Å²) >= 11 is 13.1. The van der Waals surface area contributed by atoms with E-state index in [9.17, 15) is 9.59 Å². The van der Waals surface area contributed by atoms with Crippen LogP contribution in [0.15, 0.2) is 36.4 Å². The normalized spacial score (nSPS) is 11.9. The van der Waals surface area contributed by atoms with Crippen molar-refractivity contribution >= 4 is 46.4 Å². The van der Waals surface area contributed by atoms with Crippen LogP contribution >= 0.6 is 34.5 Å². The zero-order valence-corrected chi connectivity index (χ0v) is 14.4. The van der Waals surface area contributed by atoms with Gasteiger partial charge in [-0.25, -0.2) is 0 Å². The Bertz CT molecular complexity index is 685. The molecule has 1 amide bonds. The summed E-state index contributed by atoms with van der Waals surface area (Å²) in [5.41, 5.74) is 0.712. The highest BCUT2D eigenvalue weighted by molar-refractivity contribution is 7.16. The molecule has 1 aromatic heterocycles. The molecule has 0 saturated carbocycles. The van der Waals surface area contributed by atoms with Gasteiger partial charge < -0.3 is 10.4 Å². The van der Waals surface area contributed by atoms with Gasteiger partial charge in [0.05, 0.1) is 16.8 Å². The molecule has 0 fully saturated rings. The van der Waals surface area contributed by atoms with Crippen LogP contribution in [0.2, 0.25) is 9.36 Å². The summed E-state index contributed by atoms with van der Waals surface area (Å²) in [5.74, 6) is -1.17. The Morgan fingerprint density at radius 2 is 1.83 bits per heavy atom. The lowest BCUT2D eigenvalue weighted by molar-refractivity contribution is -0.137. The SMILES string of the molecule is O=C(O)C[C@H](NC(=O)CCc1ccc(Cl)s1)c1ccc(Cl)cc1. The lowest BCUT2D eigenvalue weighted by Crippen LogP contribution is -2.30. The lowest BCUT2D eigenvalue weighted by atomic mass is 10.0. The summed E-state index contributed by atoms with van der Waals surface area (Å²) < 4.78 is 0.685. The third kappa shape index (κ3) is 5.86. The van der Waals surface area contributed by atoms with E-state index in [2.05, 4.69) is 5.32 Å². The first kappa shape index (κ1) is 17.8. The summed E-state index contributed by atoms with van der Waals surface area (Å²) in [4.78, 5) is 24.1. The number of carbonyl (C=O) groups excluding carboxylic acids is 1. The molecule has 7 heteroatoms. The summed E-state index contributed by atoms with van der Waals surface area (Å²) in [7, 11) is 0. The number of carboxylic acids is 1. The molecule has 1 heterocycles. The fraction of sp³-hybridized carbons (Fsp3) is 0.250. The third-order valence-electron chi connectivity index (χ3n) is 3.21. The van der Waals surface area contributed by atoms with Crippen LogP contribution < -0.4 is 5.32 Å². The molecule has 2 N–H and O–H groups in total. The second-order valence-electron chi connectivity index (χ2n) is 4.98. The van der Waals surface area contributed by atoms with Crippen molar-refractivity contribution in [3.8, 4) is 0 Å². The van der Waals surface area contributed by atoms with Crippen LogP contribution in [0.1, 0.15) is 29.3 Å². The molecule has 122 valence electrons. The number of aliphatic carboxylic acids is 1. The maximum Gasteiger partial charge on any atom is 0.305 e. The topological polar surface area (TPSA) is 66.4 Å². The highest BCUT2D eigenvalue weighted by Crippen LogP contribution is 2.23. The maximum atomic E-state index is 12.1. The molecule has 4 nitrogen and oxygen atoms in total. The molecule has 0 aliphatic carbocycles. The monoisotopic (exact) mass is 371 g/mol. The molecule has 0 radical (unpaired) electrons. The van der Waals surface area contributed by atoms with Crippen LogP contribution in [0.25, 0.3) is 0 Å². The first-order valence-corrected chi connectivity index (χ1v) is 8.52. The Labute approximate surface area is 148 Å². The van der Waals surface area contributed by atoms with E-state index in [-0.39, 0.29) is 18.7 Å². The van der Waals surface area contributed by atoms with Gasteiger partial charge in [-0.15, -0.1) is 11.3 Å². The quantitative estimate of drug-likeness (QED) is 0.761. The van der Waals surface area contributed by atoms with Crippen LogP contribution in [-0.2, 0) is 16.0 Å². The van der Waals surface area contributed by atoms with Gasteiger partial charge in [-0.3, -0.25) is 9.59 Å². The Morgan fingerprint density at radius 1 is 1.13 bits per heavy atom. The van der Waals surface area contributed by atoms with Crippen molar-refractivity contribution in [3.63, 3.8) is 0 Å². The van der Waals surface area contributed by atoms with Gasteiger partial charge in [-0.2, -0.15) is 0 Å². The summed E-state index contributed by atoms with van der Waals surface area (Å²) in [6, 6.07) is 9.88. The number of hydrogen-bond acceptors (Lipinski definition) is 3. The summed E-state index contributed by atoms with van der Waals surface area (Å²) in [5, 5.41) is 12.4. The van der Waals surface area contributed by atoms with Crippen LogP contribution in [-0.4, -0.2) is 17.0 Å². The van der Waals surface area contributed by atoms with Gasteiger partial charge in [0.25, 0.3) is 0 Å². The average molecular weight is 372 g/mol. The number of carboxylic acid groups (broad SMARTS) is 1. The van der Waals surface area contributed by atoms with Crippen LogP contribution in [0.4, 0.5) is 0 Å². The van der Waals surface area contributed by atoms with E-state index in [4.69, 9.17) is 28.3 Å².